The number of nitrogens with zero attached hydrogens (tertiary/aromatic N) is 2. The molecule has 0 bridgehead atoms. The smallest absolute Gasteiger partial charge is 0.226 e. The summed E-state index contributed by atoms with van der Waals surface area (Å²) < 4.78 is 5.48. The second-order valence-electron chi connectivity index (χ2n) is 2.89. The lowest BCUT2D eigenvalue weighted by atomic mass is 10.3. The van der Waals surface area contributed by atoms with Crippen LogP contribution in [0, 0.1) is 0 Å². The molecule has 0 atom stereocenters. The molecule has 0 saturated heterocycles. The molecule has 3 heteroatoms. The van der Waals surface area contributed by atoms with Crippen molar-refractivity contribution >= 4 is 16.7 Å². The summed E-state index contributed by atoms with van der Waals surface area (Å²) in [5.41, 5.74) is 2.26. The van der Waals surface area contributed by atoms with Crippen LogP contribution in [0.5, 0.6) is 0 Å². The monoisotopic (exact) mass is 186 g/mol. The van der Waals surface area contributed by atoms with Crippen molar-refractivity contribution in [3.8, 4) is 0 Å². The van der Waals surface area contributed by atoms with E-state index in [1.54, 1.807) is 18.5 Å². The fraction of sp³-hybridized carbons (Fsp3) is 0.0909. The van der Waals surface area contributed by atoms with Gasteiger partial charge in [-0.3, -0.25) is 4.98 Å². The molecular formula is C11H10N2O. The highest BCUT2D eigenvalue weighted by Crippen LogP contribution is 2.19. The van der Waals surface area contributed by atoms with Gasteiger partial charge in [-0.05, 0) is 6.92 Å². The van der Waals surface area contributed by atoms with E-state index in [0.717, 1.165) is 16.7 Å². The molecule has 3 nitrogen and oxygen atoms in total. The number of fused-ring (bicyclic) bond motifs is 1. The van der Waals surface area contributed by atoms with Crippen LogP contribution in [0.3, 0.4) is 0 Å². The van der Waals surface area contributed by atoms with Crippen LogP contribution in [-0.4, -0.2) is 9.97 Å². The largest absolute Gasteiger partial charge is 0.436 e. The zero-order valence-electron chi connectivity index (χ0n) is 7.90. The van der Waals surface area contributed by atoms with Crippen LogP contribution in [-0.2, 0) is 0 Å². The lowest BCUT2D eigenvalue weighted by Crippen LogP contribution is -1.76. The van der Waals surface area contributed by atoms with Gasteiger partial charge in [0.25, 0.3) is 0 Å². The summed E-state index contributed by atoms with van der Waals surface area (Å²) in [5.74, 6) is 0.547. The Kier molecular flexibility index (Phi) is 2.14. The minimum atomic E-state index is 0.547. The Hall–Kier alpha value is -1.90. The standard InChI is InChI=1S/C11H10N2O/c1-3-4-8(2)11-13-9-7-12-6-5-10(9)14-11/h3-7H,2H2,1H3/b4-3-. The quantitative estimate of drug-likeness (QED) is 0.677. The molecule has 14 heavy (non-hydrogen) atoms. The summed E-state index contributed by atoms with van der Waals surface area (Å²) in [6, 6.07) is 1.79. The molecule has 2 aromatic rings. The van der Waals surface area contributed by atoms with Crippen molar-refractivity contribution in [3.05, 3.63) is 43.1 Å². The number of allylic oxidation sites excluding steroid dienone is 3. The van der Waals surface area contributed by atoms with Gasteiger partial charge < -0.3 is 4.42 Å². The predicted octanol–water partition coefficient (Wildman–Crippen LogP) is 2.81. The molecule has 0 spiro atoms. The van der Waals surface area contributed by atoms with Gasteiger partial charge in [0.2, 0.25) is 5.89 Å². The molecule has 0 aliphatic heterocycles. The molecule has 2 aromatic heterocycles. The number of pyridine rings is 1. The molecule has 0 radical (unpaired) electrons. The minimum absolute atomic E-state index is 0.547. The molecule has 0 aliphatic carbocycles. The second-order valence-corrected chi connectivity index (χ2v) is 2.89. The van der Waals surface area contributed by atoms with E-state index in [4.69, 9.17) is 4.42 Å². The highest BCUT2D eigenvalue weighted by atomic mass is 16.3. The summed E-state index contributed by atoms with van der Waals surface area (Å²) in [4.78, 5) is 8.21. The van der Waals surface area contributed by atoms with Gasteiger partial charge in [-0.2, -0.15) is 0 Å². The van der Waals surface area contributed by atoms with Gasteiger partial charge in [-0.1, -0.05) is 18.7 Å². The van der Waals surface area contributed by atoms with E-state index in [1.165, 1.54) is 0 Å². The molecule has 0 unspecified atom stereocenters. The number of oxazole rings is 1. The van der Waals surface area contributed by atoms with Gasteiger partial charge >= 0.3 is 0 Å². The molecule has 2 heterocycles. The van der Waals surface area contributed by atoms with E-state index in [1.807, 2.05) is 19.1 Å². The van der Waals surface area contributed by atoms with E-state index in [2.05, 4.69) is 16.5 Å². The highest BCUT2D eigenvalue weighted by molar-refractivity contribution is 5.76. The second kappa shape index (κ2) is 3.46. The van der Waals surface area contributed by atoms with Gasteiger partial charge in [0.1, 0.15) is 5.52 Å². The van der Waals surface area contributed by atoms with Crippen molar-refractivity contribution in [3.63, 3.8) is 0 Å². The number of hydrogen-bond acceptors (Lipinski definition) is 3. The molecule has 2 rings (SSSR count). The van der Waals surface area contributed by atoms with E-state index in [9.17, 15) is 0 Å². The number of aromatic nitrogens is 2. The molecule has 0 aromatic carbocycles. The lowest BCUT2D eigenvalue weighted by Gasteiger charge is -1.89. The summed E-state index contributed by atoms with van der Waals surface area (Å²) in [5, 5.41) is 0. The zero-order chi connectivity index (χ0) is 9.97. The van der Waals surface area contributed by atoms with E-state index >= 15 is 0 Å². The summed E-state index contributed by atoms with van der Waals surface area (Å²) >= 11 is 0. The van der Waals surface area contributed by atoms with Crippen LogP contribution < -0.4 is 0 Å². The van der Waals surface area contributed by atoms with Gasteiger partial charge in [-0.25, -0.2) is 4.98 Å². The van der Waals surface area contributed by atoms with Crippen LogP contribution in [0.2, 0.25) is 0 Å². The maximum atomic E-state index is 5.48. The van der Waals surface area contributed by atoms with E-state index in [0.29, 0.717) is 5.89 Å². The molecule has 0 fully saturated rings. The summed E-state index contributed by atoms with van der Waals surface area (Å²) in [7, 11) is 0. The SMILES string of the molecule is C=C(/C=C\C)c1nc2cnccc2o1. The van der Waals surface area contributed by atoms with Crippen molar-refractivity contribution in [2.24, 2.45) is 0 Å². The van der Waals surface area contributed by atoms with Crippen LogP contribution >= 0.6 is 0 Å². The summed E-state index contributed by atoms with van der Waals surface area (Å²) in [6.45, 7) is 5.77. The summed E-state index contributed by atoms with van der Waals surface area (Å²) in [6.07, 6.45) is 7.11. The first-order chi connectivity index (χ1) is 6.81. The topological polar surface area (TPSA) is 38.9 Å². The zero-order valence-corrected chi connectivity index (χ0v) is 7.90. The molecule has 70 valence electrons. The third kappa shape index (κ3) is 1.44. The Labute approximate surface area is 81.8 Å². The first kappa shape index (κ1) is 8.69. The maximum absolute atomic E-state index is 5.48. The van der Waals surface area contributed by atoms with Crippen LogP contribution in [0.15, 0.2) is 41.6 Å². The minimum Gasteiger partial charge on any atom is -0.436 e. The third-order valence-electron chi connectivity index (χ3n) is 1.83. The van der Waals surface area contributed by atoms with Crippen LogP contribution in [0.4, 0.5) is 0 Å². The van der Waals surface area contributed by atoms with Crippen molar-refractivity contribution in [2.75, 3.05) is 0 Å². The molecule has 0 aliphatic rings. The number of hydrogen-bond donors (Lipinski definition) is 0. The van der Waals surface area contributed by atoms with Gasteiger partial charge in [0, 0.05) is 17.8 Å². The van der Waals surface area contributed by atoms with Crippen LogP contribution in [0.1, 0.15) is 12.8 Å². The fourth-order valence-corrected chi connectivity index (χ4v) is 1.19. The van der Waals surface area contributed by atoms with Crippen molar-refractivity contribution in [1.82, 2.24) is 9.97 Å². The fourth-order valence-electron chi connectivity index (χ4n) is 1.19. The average molecular weight is 186 g/mol. The predicted molar refractivity (Wildman–Crippen MR) is 55.7 cm³/mol. The van der Waals surface area contributed by atoms with E-state index in [-0.39, 0.29) is 0 Å². The Morgan fingerprint density at radius 3 is 3.14 bits per heavy atom. The van der Waals surface area contributed by atoms with Gasteiger partial charge in [0.15, 0.2) is 5.58 Å². The van der Waals surface area contributed by atoms with E-state index < -0.39 is 0 Å². The Morgan fingerprint density at radius 1 is 1.57 bits per heavy atom. The van der Waals surface area contributed by atoms with Gasteiger partial charge in [0.05, 0.1) is 6.20 Å². The molecule has 0 amide bonds. The van der Waals surface area contributed by atoms with Gasteiger partial charge in [-0.15, -0.1) is 0 Å². The van der Waals surface area contributed by atoms with Crippen LogP contribution in [0.25, 0.3) is 16.7 Å². The normalized spacial score (nSPS) is 11.2. The van der Waals surface area contributed by atoms with Crippen molar-refractivity contribution in [1.29, 1.82) is 0 Å². The maximum Gasteiger partial charge on any atom is 0.226 e. The Balaban J connectivity index is 2.50. The average Bonchev–Trinajstić information content (AvgIpc) is 2.61. The third-order valence-corrected chi connectivity index (χ3v) is 1.83. The highest BCUT2D eigenvalue weighted by Gasteiger charge is 2.05. The number of rotatable bonds is 2. The molecule has 0 N–H and O–H groups in total. The Bertz CT molecular complexity index is 464. The first-order valence-electron chi connectivity index (χ1n) is 4.34. The molecular weight excluding hydrogens is 176 g/mol. The Morgan fingerprint density at radius 2 is 2.43 bits per heavy atom. The van der Waals surface area contributed by atoms with Crippen molar-refractivity contribution < 1.29 is 4.42 Å². The lowest BCUT2D eigenvalue weighted by molar-refractivity contribution is 0.586. The molecule has 0 saturated carbocycles. The first-order valence-corrected chi connectivity index (χ1v) is 4.34. The van der Waals surface area contributed by atoms with Crippen molar-refractivity contribution in [2.45, 2.75) is 6.92 Å².